The molecule has 0 saturated heterocycles. The fourth-order valence-electron chi connectivity index (χ4n) is 1.24. The monoisotopic (exact) mass is 361 g/mol. The van der Waals surface area contributed by atoms with Crippen molar-refractivity contribution in [1.82, 2.24) is 10.2 Å². The van der Waals surface area contributed by atoms with Crippen molar-refractivity contribution >= 4 is 49.9 Å². The predicted octanol–water partition coefficient (Wildman–Crippen LogP) is 3.28. The lowest BCUT2D eigenvalue weighted by Crippen LogP contribution is -2.20. The molecule has 0 radical (unpaired) electrons. The van der Waals surface area contributed by atoms with Crippen LogP contribution in [0.2, 0.25) is 5.02 Å². The van der Waals surface area contributed by atoms with Crippen LogP contribution in [-0.2, 0) is 4.79 Å². The van der Waals surface area contributed by atoms with Gasteiger partial charge in [0.25, 0.3) is 5.91 Å². The van der Waals surface area contributed by atoms with Gasteiger partial charge in [0.15, 0.2) is 6.61 Å². The van der Waals surface area contributed by atoms with Crippen LogP contribution in [0.5, 0.6) is 5.75 Å². The molecule has 2 aromatic rings. The number of ether oxygens (including phenoxy) is 1. The maximum Gasteiger partial charge on any atom is 0.264 e. The summed E-state index contributed by atoms with van der Waals surface area (Å²) in [6.45, 7) is 1.67. The van der Waals surface area contributed by atoms with Crippen molar-refractivity contribution in [3.63, 3.8) is 0 Å². The molecule has 8 heteroatoms. The number of amides is 1. The molecule has 0 atom stereocenters. The summed E-state index contributed by atoms with van der Waals surface area (Å²) in [6, 6.07) is 5.17. The van der Waals surface area contributed by atoms with Crippen molar-refractivity contribution < 1.29 is 9.53 Å². The number of carbonyl (C=O) groups excluding carboxylic acids is 1. The second-order valence-electron chi connectivity index (χ2n) is 3.54. The molecule has 0 bridgehead atoms. The Hall–Kier alpha value is -1.18. The molecular weight excluding hydrogens is 354 g/mol. The molecular formula is C11H9BrClN3O2S. The second-order valence-corrected chi connectivity index (χ2v) is 6.04. The smallest absolute Gasteiger partial charge is 0.264 e. The highest BCUT2D eigenvalue weighted by Gasteiger charge is 2.09. The number of rotatable bonds is 4. The van der Waals surface area contributed by atoms with E-state index in [4.69, 9.17) is 16.3 Å². The van der Waals surface area contributed by atoms with Gasteiger partial charge in [-0.2, -0.15) is 0 Å². The zero-order valence-electron chi connectivity index (χ0n) is 9.81. The van der Waals surface area contributed by atoms with E-state index in [0.29, 0.717) is 15.9 Å². The third kappa shape index (κ3) is 4.15. The van der Waals surface area contributed by atoms with Crippen molar-refractivity contribution in [1.29, 1.82) is 0 Å². The summed E-state index contributed by atoms with van der Waals surface area (Å²) in [7, 11) is 0. The molecule has 1 N–H and O–H groups in total. The quantitative estimate of drug-likeness (QED) is 0.906. The highest BCUT2D eigenvalue weighted by Crippen LogP contribution is 2.27. The zero-order valence-corrected chi connectivity index (χ0v) is 13.0. The average molecular weight is 363 g/mol. The van der Waals surface area contributed by atoms with E-state index in [1.54, 1.807) is 18.2 Å². The van der Waals surface area contributed by atoms with Gasteiger partial charge in [-0.05, 0) is 25.1 Å². The average Bonchev–Trinajstić information content (AvgIpc) is 2.73. The van der Waals surface area contributed by atoms with Crippen molar-refractivity contribution in [2.45, 2.75) is 6.92 Å². The maximum absolute atomic E-state index is 11.6. The van der Waals surface area contributed by atoms with E-state index in [1.165, 1.54) is 11.3 Å². The molecule has 100 valence electrons. The van der Waals surface area contributed by atoms with Crippen molar-refractivity contribution in [2.75, 3.05) is 11.9 Å². The molecule has 19 heavy (non-hydrogen) atoms. The number of hydrogen-bond donors (Lipinski definition) is 1. The minimum atomic E-state index is -0.310. The van der Waals surface area contributed by atoms with Crippen LogP contribution in [0.1, 0.15) is 5.01 Å². The topological polar surface area (TPSA) is 64.1 Å². The molecule has 1 aromatic carbocycles. The molecule has 0 aliphatic rings. The minimum Gasteiger partial charge on any atom is -0.482 e. The van der Waals surface area contributed by atoms with E-state index in [0.717, 1.165) is 9.48 Å². The van der Waals surface area contributed by atoms with Gasteiger partial charge in [0.2, 0.25) is 5.13 Å². The van der Waals surface area contributed by atoms with E-state index >= 15 is 0 Å². The number of carbonyl (C=O) groups is 1. The van der Waals surface area contributed by atoms with E-state index < -0.39 is 0 Å². The van der Waals surface area contributed by atoms with Crippen LogP contribution in [0.15, 0.2) is 22.7 Å². The Bertz CT molecular complexity index is 605. The third-order valence-corrected chi connectivity index (χ3v) is 3.57. The predicted molar refractivity (Wildman–Crippen MR) is 77.9 cm³/mol. The lowest BCUT2D eigenvalue weighted by molar-refractivity contribution is -0.118. The molecule has 0 fully saturated rings. The van der Waals surface area contributed by atoms with Crippen LogP contribution in [0.25, 0.3) is 0 Å². The Morgan fingerprint density at radius 1 is 1.53 bits per heavy atom. The summed E-state index contributed by atoms with van der Waals surface area (Å²) >= 11 is 10.6. The van der Waals surface area contributed by atoms with Crippen LogP contribution in [0.3, 0.4) is 0 Å². The molecule has 1 heterocycles. The van der Waals surface area contributed by atoms with E-state index in [-0.39, 0.29) is 12.5 Å². The zero-order chi connectivity index (χ0) is 13.8. The lowest BCUT2D eigenvalue weighted by atomic mass is 10.3. The number of anilines is 1. The summed E-state index contributed by atoms with van der Waals surface area (Å²) in [5.41, 5.74) is 0. The molecule has 0 unspecified atom stereocenters. The first-order valence-corrected chi connectivity index (χ1v) is 7.21. The van der Waals surface area contributed by atoms with E-state index in [1.807, 2.05) is 6.92 Å². The Balaban J connectivity index is 1.89. The van der Waals surface area contributed by atoms with Gasteiger partial charge in [-0.1, -0.05) is 38.9 Å². The van der Waals surface area contributed by atoms with Gasteiger partial charge in [-0.3, -0.25) is 10.1 Å². The molecule has 1 aromatic heterocycles. The first-order valence-electron chi connectivity index (χ1n) is 5.22. The number of aryl methyl sites for hydroxylation is 1. The largest absolute Gasteiger partial charge is 0.482 e. The maximum atomic E-state index is 11.6. The summed E-state index contributed by atoms with van der Waals surface area (Å²) in [5, 5.41) is 11.9. The van der Waals surface area contributed by atoms with Gasteiger partial charge < -0.3 is 4.74 Å². The highest BCUT2D eigenvalue weighted by molar-refractivity contribution is 9.10. The molecule has 0 aliphatic carbocycles. The number of benzene rings is 1. The number of aromatic nitrogens is 2. The van der Waals surface area contributed by atoms with E-state index in [9.17, 15) is 4.79 Å². The Morgan fingerprint density at radius 3 is 2.95 bits per heavy atom. The standard InChI is InChI=1S/C11H9BrClN3O2S/c1-6-15-16-11(19-6)14-10(17)5-18-9-3-2-7(12)4-8(9)13/h2-4H,5H2,1H3,(H,14,16,17). The summed E-state index contributed by atoms with van der Waals surface area (Å²) in [5.74, 6) is 0.142. The summed E-state index contributed by atoms with van der Waals surface area (Å²) < 4.78 is 6.17. The fourth-order valence-corrected chi connectivity index (χ4v) is 2.57. The Morgan fingerprint density at radius 2 is 2.32 bits per heavy atom. The van der Waals surface area contributed by atoms with Crippen molar-refractivity contribution in [3.8, 4) is 5.75 Å². The normalized spacial score (nSPS) is 10.3. The molecule has 2 rings (SSSR count). The number of nitrogens with zero attached hydrogens (tertiary/aromatic N) is 2. The lowest BCUT2D eigenvalue weighted by Gasteiger charge is -2.07. The molecule has 0 aliphatic heterocycles. The number of nitrogens with one attached hydrogen (secondary N) is 1. The van der Waals surface area contributed by atoms with Crippen molar-refractivity contribution in [2.24, 2.45) is 0 Å². The van der Waals surface area contributed by atoms with Gasteiger partial charge in [0.1, 0.15) is 10.8 Å². The third-order valence-electron chi connectivity index (χ3n) is 2.03. The number of hydrogen-bond acceptors (Lipinski definition) is 5. The first kappa shape index (κ1) is 14.2. The van der Waals surface area contributed by atoms with Crippen LogP contribution in [0, 0.1) is 6.92 Å². The first-order chi connectivity index (χ1) is 9.04. The molecule has 0 spiro atoms. The van der Waals surface area contributed by atoms with Gasteiger partial charge in [0, 0.05) is 4.47 Å². The van der Waals surface area contributed by atoms with Gasteiger partial charge in [-0.25, -0.2) is 0 Å². The highest BCUT2D eigenvalue weighted by atomic mass is 79.9. The number of halogens is 2. The second kappa shape index (κ2) is 6.31. The van der Waals surface area contributed by atoms with Crippen LogP contribution < -0.4 is 10.1 Å². The minimum absolute atomic E-state index is 0.139. The molecule has 1 amide bonds. The van der Waals surface area contributed by atoms with Crippen LogP contribution >= 0.6 is 38.9 Å². The van der Waals surface area contributed by atoms with E-state index in [2.05, 4.69) is 31.4 Å². The van der Waals surface area contributed by atoms with Gasteiger partial charge in [0.05, 0.1) is 5.02 Å². The van der Waals surface area contributed by atoms with Crippen molar-refractivity contribution in [3.05, 3.63) is 32.7 Å². The van der Waals surface area contributed by atoms with Gasteiger partial charge >= 0.3 is 0 Å². The summed E-state index contributed by atoms with van der Waals surface area (Å²) in [6.07, 6.45) is 0. The molecule has 5 nitrogen and oxygen atoms in total. The molecule has 0 saturated carbocycles. The fraction of sp³-hybridized carbons (Fsp3) is 0.182. The van der Waals surface area contributed by atoms with Crippen LogP contribution in [0.4, 0.5) is 5.13 Å². The van der Waals surface area contributed by atoms with Crippen LogP contribution in [-0.4, -0.2) is 22.7 Å². The SMILES string of the molecule is Cc1nnc(NC(=O)COc2ccc(Br)cc2Cl)s1. The summed E-state index contributed by atoms with van der Waals surface area (Å²) in [4.78, 5) is 11.6. The van der Waals surface area contributed by atoms with Gasteiger partial charge in [-0.15, -0.1) is 10.2 Å². The Kier molecular flexibility index (Phi) is 4.73. The Labute approximate surface area is 127 Å².